The van der Waals surface area contributed by atoms with Crippen LogP contribution < -0.4 is 11.1 Å². The molecule has 2 rings (SSSR count). The summed E-state index contributed by atoms with van der Waals surface area (Å²) in [7, 11) is 0. The predicted octanol–water partition coefficient (Wildman–Crippen LogP) is 0.857. The van der Waals surface area contributed by atoms with E-state index in [1.165, 1.54) is 32.1 Å². The van der Waals surface area contributed by atoms with Gasteiger partial charge in [-0.25, -0.2) is 0 Å². The fourth-order valence-electron chi connectivity index (χ4n) is 3.44. The topological polar surface area (TPSA) is 58.4 Å². The molecule has 17 heavy (non-hydrogen) atoms. The van der Waals surface area contributed by atoms with Crippen LogP contribution in [0.25, 0.3) is 0 Å². The maximum Gasteiger partial charge on any atom is 0.234 e. The monoisotopic (exact) mass is 239 g/mol. The molecule has 0 bridgehead atoms. The molecule has 2 aliphatic heterocycles. The molecule has 2 saturated heterocycles. The maximum atomic E-state index is 11.6. The Balaban J connectivity index is 2.07. The number of hydrogen-bond acceptors (Lipinski definition) is 3. The van der Waals surface area contributed by atoms with Gasteiger partial charge in [0.1, 0.15) is 0 Å². The number of amides is 1. The van der Waals surface area contributed by atoms with Crippen molar-refractivity contribution in [3.05, 3.63) is 0 Å². The van der Waals surface area contributed by atoms with E-state index < -0.39 is 0 Å². The van der Waals surface area contributed by atoms with Crippen molar-refractivity contribution in [3.63, 3.8) is 0 Å². The molecular formula is C13H25N3O. The Morgan fingerprint density at radius 1 is 1.41 bits per heavy atom. The van der Waals surface area contributed by atoms with Crippen molar-refractivity contribution in [3.8, 4) is 0 Å². The summed E-state index contributed by atoms with van der Waals surface area (Å²) in [5, 5.41) is 3.58. The Hall–Kier alpha value is -0.610. The molecule has 0 aromatic heterocycles. The molecular weight excluding hydrogens is 214 g/mol. The lowest BCUT2D eigenvalue weighted by Crippen LogP contribution is -2.57. The van der Waals surface area contributed by atoms with E-state index in [1.807, 2.05) is 0 Å². The van der Waals surface area contributed by atoms with Gasteiger partial charge in [-0.05, 0) is 45.2 Å². The van der Waals surface area contributed by atoms with Crippen molar-refractivity contribution >= 4 is 5.91 Å². The first kappa shape index (κ1) is 12.8. The molecule has 0 aliphatic carbocycles. The van der Waals surface area contributed by atoms with Gasteiger partial charge < -0.3 is 11.1 Å². The molecule has 0 spiro atoms. The average Bonchev–Trinajstić information content (AvgIpc) is 2.83. The lowest BCUT2D eigenvalue weighted by molar-refractivity contribution is -0.125. The number of carbonyl (C=O) groups is 1. The fraction of sp³-hybridized carbons (Fsp3) is 0.923. The Morgan fingerprint density at radius 3 is 2.82 bits per heavy atom. The highest BCUT2D eigenvalue weighted by Crippen LogP contribution is 2.26. The Morgan fingerprint density at radius 2 is 2.24 bits per heavy atom. The van der Waals surface area contributed by atoms with Crippen LogP contribution in [-0.4, -0.2) is 42.0 Å². The highest BCUT2D eigenvalue weighted by atomic mass is 16.1. The zero-order chi connectivity index (χ0) is 12.3. The van der Waals surface area contributed by atoms with Gasteiger partial charge in [-0.15, -0.1) is 0 Å². The van der Waals surface area contributed by atoms with E-state index in [0.29, 0.717) is 12.1 Å². The van der Waals surface area contributed by atoms with Gasteiger partial charge in [0.15, 0.2) is 0 Å². The summed E-state index contributed by atoms with van der Waals surface area (Å²) in [6, 6.07) is 1.02. The number of hydrogen-bond donors (Lipinski definition) is 2. The lowest BCUT2D eigenvalue weighted by atomic mass is 9.92. The van der Waals surface area contributed by atoms with Crippen LogP contribution in [0.1, 0.15) is 45.4 Å². The Kier molecular flexibility index (Phi) is 4.40. The second kappa shape index (κ2) is 5.83. The first-order valence-electron chi connectivity index (χ1n) is 7.02. The highest BCUT2D eigenvalue weighted by molar-refractivity contribution is 5.79. The van der Waals surface area contributed by atoms with Crippen LogP contribution in [0.15, 0.2) is 0 Å². The van der Waals surface area contributed by atoms with E-state index in [2.05, 4.69) is 17.1 Å². The van der Waals surface area contributed by atoms with Crippen molar-refractivity contribution in [1.82, 2.24) is 10.2 Å². The molecule has 2 aliphatic rings. The normalized spacial score (nSPS) is 32.5. The van der Waals surface area contributed by atoms with Gasteiger partial charge in [0.25, 0.3) is 0 Å². The van der Waals surface area contributed by atoms with Gasteiger partial charge in [0, 0.05) is 12.1 Å². The van der Waals surface area contributed by atoms with Crippen LogP contribution in [0.4, 0.5) is 0 Å². The molecule has 3 atom stereocenters. The molecule has 3 unspecified atom stereocenters. The first-order valence-corrected chi connectivity index (χ1v) is 7.02. The van der Waals surface area contributed by atoms with Crippen LogP contribution in [0.3, 0.4) is 0 Å². The summed E-state index contributed by atoms with van der Waals surface area (Å²) in [5.74, 6) is -0.155. The summed E-state index contributed by atoms with van der Waals surface area (Å²) in [6.07, 6.45) is 7.04. The molecule has 0 saturated carbocycles. The van der Waals surface area contributed by atoms with Gasteiger partial charge in [-0.2, -0.15) is 0 Å². The smallest absolute Gasteiger partial charge is 0.234 e. The van der Waals surface area contributed by atoms with Gasteiger partial charge in [-0.1, -0.05) is 13.3 Å². The number of nitrogens with one attached hydrogen (secondary N) is 1. The number of nitrogens with zero attached hydrogens (tertiary/aromatic N) is 1. The van der Waals surface area contributed by atoms with Crippen LogP contribution in [0.5, 0.6) is 0 Å². The molecule has 2 heterocycles. The molecule has 0 aromatic carbocycles. The summed E-state index contributed by atoms with van der Waals surface area (Å²) < 4.78 is 0. The van der Waals surface area contributed by atoms with Crippen molar-refractivity contribution in [1.29, 1.82) is 0 Å². The molecule has 3 N–H and O–H groups in total. The van der Waals surface area contributed by atoms with Crippen LogP contribution in [-0.2, 0) is 4.79 Å². The summed E-state index contributed by atoms with van der Waals surface area (Å²) in [4.78, 5) is 13.9. The second-order valence-electron chi connectivity index (χ2n) is 5.33. The second-order valence-corrected chi connectivity index (χ2v) is 5.33. The van der Waals surface area contributed by atoms with Crippen LogP contribution in [0.2, 0.25) is 0 Å². The van der Waals surface area contributed by atoms with E-state index in [4.69, 9.17) is 5.73 Å². The molecule has 0 radical (unpaired) electrons. The zero-order valence-corrected chi connectivity index (χ0v) is 10.8. The van der Waals surface area contributed by atoms with E-state index >= 15 is 0 Å². The minimum absolute atomic E-state index is 0.0669. The lowest BCUT2D eigenvalue weighted by Gasteiger charge is -2.42. The van der Waals surface area contributed by atoms with Gasteiger partial charge in [0.2, 0.25) is 5.91 Å². The third-order valence-corrected chi connectivity index (χ3v) is 4.27. The van der Waals surface area contributed by atoms with E-state index in [-0.39, 0.29) is 11.9 Å². The highest BCUT2D eigenvalue weighted by Gasteiger charge is 2.36. The van der Waals surface area contributed by atoms with E-state index in [1.54, 1.807) is 0 Å². The number of likely N-dealkylation sites (tertiary alicyclic amines) is 1. The van der Waals surface area contributed by atoms with E-state index in [9.17, 15) is 4.79 Å². The summed E-state index contributed by atoms with van der Waals surface area (Å²) in [6.45, 7) is 4.22. The minimum atomic E-state index is -0.155. The quantitative estimate of drug-likeness (QED) is 0.765. The standard InChI is InChI=1S/C13H25N3O/c1-2-11(13(14)17)16-9-4-3-7-12(16)10-6-5-8-15-10/h10-12,15H,2-9H2,1H3,(H2,14,17). The Bertz CT molecular complexity index is 263. The van der Waals surface area contributed by atoms with Crippen molar-refractivity contribution in [2.75, 3.05) is 13.1 Å². The van der Waals surface area contributed by atoms with Crippen LogP contribution in [0, 0.1) is 0 Å². The van der Waals surface area contributed by atoms with E-state index in [0.717, 1.165) is 19.5 Å². The SMILES string of the molecule is CCC(C(N)=O)N1CCCCC1C1CCCN1. The molecule has 1 amide bonds. The predicted molar refractivity (Wildman–Crippen MR) is 68.6 cm³/mol. The largest absolute Gasteiger partial charge is 0.368 e. The molecule has 0 aromatic rings. The number of piperidine rings is 1. The van der Waals surface area contributed by atoms with Crippen molar-refractivity contribution in [2.45, 2.75) is 63.6 Å². The fourth-order valence-corrected chi connectivity index (χ4v) is 3.44. The van der Waals surface area contributed by atoms with Crippen molar-refractivity contribution < 1.29 is 4.79 Å². The third kappa shape index (κ3) is 2.80. The number of primary amides is 1. The van der Waals surface area contributed by atoms with Gasteiger partial charge in [0.05, 0.1) is 6.04 Å². The molecule has 2 fully saturated rings. The summed E-state index contributed by atoms with van der Waals surface area (Å²) in [5.41, 5.74) is 5.54. The molecule has 98 valence electrons. The molecule has 4 nitrogen and oxygen atoms in total. The van der Waals surface area contributed by atoms with Crippen molar-refractivity contribution in [2.24, 2.45) is 5.73 Å². The number of nitrogens with two attached hydrogens (primary N) is 1. The Labute approximate surface area is 104 Å². The maximum absolute atomic E-state index is 11.6. The zero-order valence-electron chi connectivity index (χ0n) is 10.8. The minimum Gasteiger partial charge on any atom is -0.368 e. The first-order chi connectivity index (χ1) is 8.24. The van der Waals surface area contributed by atoms with Crippen LogP contribution >= 0.6 is 0 Å². The molecule has 4 heteroatoms. The third-order valence-electron chi connectivity index (χ3n) is 4.27. The number of carbonyl (C=O) groups excluding carboxylic acids is 1. The summed E-state index contributed by atoms with van der Waals surface area (Å²) >= 11 is 0. The number of rotatable bonds is 4. The van der Waals surface area contributed by atoms with Gasteiger partial charge in [-0.3, -0.25) is 9.69 Å². The average molecular weight is 239 g/mol. The van der Waals surface area contributed by atoms with Gasteiger partial charge >= 0.3 is 0 Å².